The molecule has 1 aromatic heterocycles. The van der Waals surface area contributed by atoms with Crippen molar-refractivity contribution in [2.75, 3.05) is 5.32 Å². The zero-order chi connectivity index (χ0) is 16.8. The van der Waals surface area contributed by atoms with Crippen molar-refractivity contribution in [3.63, 3.8) is 0 Å². The third-order valence-corrected chi connectivity index (χ3v) is 4.06. The van der Waals surface area contributed by atoms with Crippen molar-refractivity contribution in [3.8, 4) is 0 Å². The molecule has 24 heavy (non-hydrogen) atoms. The molecule has 0 saturated carbocycles. The number of halogens is 1. The Kier molecular flexibility index (Phi) is 5.18. The Hall–Kier alpha value is -2.73. The first-order valence-electron chi connectivity index (χ1n) is 7.36. The van der Waals surface area contributed by atoms with Crippen molar-refractivity contribution in [1.29, 1.82) is 0 Å². The summed E-state index contributed by atoms with van der Waals surface area (Å²) in [4.78, 5) is 16.2. The molecular formula is C18H15FN2O2S. The van der Waals surface area contributed by atoms with Gasteiger partial charge in [0.25, 0.3) is 0 Å². The average Bonchev–Trinajstić information content (AvgIpc) is 3.03. The number of para-hydroxylation sites is 1. The number of ether oxygens (including phenoxy) is 1. The molecule has 0 spiro atoms. The zero-order valence-corrected chi connectivity index (χ0v) is 13.6. The van der Waals surface area contributed by atoms with E-state index in [0.717, 1.165) is 10.8 Å². The van der Waals surface area contributed by atoms with Crippen LogP contribution in [0.1, 0.15) is 11.3 Å². The molecule has 0 aliphatic rings. The monoisotopic (exact) mass is 342 g/mol. The second-order valence-corrected chi connectivity index (χ2v) is 5.92. The summed E-state index contributed by atoms with van der Waals surface area (Å²) in [6.07, 6.45) is -0.0913. The molecule has 1 N–H and O–H groups in total. The Bertz CT molecular complexity index is 821. The fourth-order valence-electron chi connectivity index (χ4n) is 2.08. The van der Waals surface area contributed by atoms with Gasteiger partial charge in [0.15, 0.2) is 5.13 Å². The fraction of sp³-hybridized carbons (Fsp3) is 0.111. The molecule has 0 aliphatic heterocycles. The van der Waals surface area contributed by atoms with E-state index in [0.29, 0.717) is 11.3 Å². The molecule has 0 amide bonds. The molecule has 122 valence electrons. The quantitative estimate of drug-likeness (QED) is 0.678. The van der Waals surface area contributed by atoms with Crippen molar-refractivity contribution >= 4 is 28.1 Å². The molecule has 3 aromatic rings. The van der Waals surface area contributed by atoms with Gasteiger partial charge >= 0.3 is 5.97 Å². The molecule has 6 heteroatoms. The molecule has 2 aromatic carbocycles. The van der Waals surface area contributed by atoms with Crippen molar-refractivity contribution in [2.24, 2.45) is 0 Å². The number of benzene rings is 2. The molecule has 0 radical (unpaired) electrons. The Morgan fingerprint density at radius 3 is 2.67 bits per heavy atom. The Labute approximate surface area is 142 Å². The van der Waals surface area contributed by atoms with Gasteiger partial charge in [-0.25, -0.2) is 9.37 Å². The van der Waals surface area contributed by atoms with Crippen LogP contribution in [-0.4, -0.2) is 11.0 Å². The van der Waals surface area contributed by atoms with E-state index in [1.165, 1.54) is 17.4 Å². The summed E-state index contributed by atoms with van der Waals surface area (Å²) in [5.74, 6) is -0.886. The van der Waals surface area contributed by atoms with Crippen LogP contribution in [-0.2, 0) is 22.6 Å². The number of nitrogens with one attached hydrogen (secondary N) is 1. The molecule has 0 saturated heterocycles. The van der Waals surface area contributed by atoms with Gasteiger partial charge in [-0.05, 0) is 23.8 Å². The lowest BCUT2D eigenvalue weighted by Gasteiger charge is -2.04. The number of esters is 1. The third-order valence-electron chi connectivity index (χ3n) is 3.25. The second kappa shape index (κ2) is 7.70. The normalized spacial score (nSPS) is 10.4. The van der Waals surface area contributed by atoms with Crippen LogP contribution in [0.15, 0.2) is 60.0 Å². The molecular weight excluding hydrogens is 327 g/mol. The number of carbonyl (C=O) groups is 1. The van der Waals surface area contributed by atoms with Gasteiger partial charge < -0.3 is 10.1 Å². The average molecular weight is 342 g/mol. The molecule has 0 atom stereocenters. The van der Waals surface area contributed by atoms with E-state index in [-0.39, 0.29) is 13.0 Å². The molecule has 1 heterocycles. The van der Waals surface area contributed by atoms with Crippen LogP contribution in [0.4, 0.5) is 15.2 Å². The minimum absolute atomic E-state index is 0.0697. The first-order valence-corrected chi connectivity index (χ1v) is 8.24. The predicted molar refractivity (Wildman–Crippen MR) is 91.7 cm³/mol. The van der Waals surface area contributed by atoms with Crippen molar-refractivity contribution in [2.45, 2.75) is 13.0 Å². The first kappa shape index (κ1) is 16.1. The van der Waals surface area contributed by atoms with Crippen LogP contribution in [0.3, 0.4) is 0 Å². The largest absolute Gasteiger partial charge is 0.459 e. The minimum Gasteiger partial charge on any atom is -0.459 e. The van der Waals surface area contributed by atoms with E-state index >= 15 is 0 Å². The summed E-state index contributed by atoms with van der Waals surface area (Å²) in [7, 11) is 0. The summed E-state index contributed by atoms with van der Waals surface area (Å²) in [6.45, 7) is 0.0697. The number of thiazole rings is 1. The number of anilines is 2. The van der Waals surface area contributed by atoms with Gasteiger partial charge in [0, 0.05) is 11.1 Å². The lowest BCUT2D eigenvalue weighted by atomic mass is 10.1. The maximum Gasteiger partial charge on any atom is 0.310 e. The Morgan fingerprint density at radius 2 is 1.88 bits per heavy atom. The number of hydrogen-bond acceptors (Lipinski definition) is 5. The summed E-state index contributed by atoms with van der Waals surface area (Å²) < 4.78 is 18.7. The summed E-state index contributed by atoms with van der Waals surface area (Å²) >= 11 is 1.43. The number of carbonyl (C=O) groups excluding carboxylic acids is 1. The summed E-state index contributed by atoms with van der Waals surface area (Å²) in [6, 6.07) is 15.8. The molecule has 0 bridgehead atoms. The smallest absolute Gasteiger partial charge is 0.310 e. The van der Waals surface area contributed by atoms with Gasteiger partial charge in [-0.15, -0.1) is 11.3 Å². The number of nitrogens with zero attached hydrogens (tertiary/aromatic N) is 1. The Balaban J connectivity index is 1.52. The highest BCUT2D eigenvalue weighted by molar-refractivity contribution is 7.13. The highest BCUT2D eigenvalue weighted by atomic mass is 32.1. The summed E-state index contributed by atoms with van der Waals surface area (Å²) in [5, 5.41) is 5.72. The van der Waals surface area contributed by atoms with Crippen molar-refractivity contribution in [3.05, 3.63) is 77.1 Å². The third kappa shape index (κ3) is 4.39. The van der Waals surface area contributed by atoms with Crippen molar-refractivity contribution < 1.29 is 13.9 Å². The molecule has 0 unspecified atom stereocenters. The fourth-order valence-corrected chi connectivity index (χ4v) is 2.79. The summed E-state index contributed by atoms with van der Waals surface area (Å²) in [5.41, 5.74) is 1.92. The van der Waals surface area contributed by atoms with Gasteiger partial charge in [-0.2, -0.15) is 0 Å². The van der Waals surface area contributed by atoms with Crippen LogP contribution in [0.5, 0.6) is 0 Å². The van der Waals surface area contributed by atoms with Crippen LogP contribution in [0.25, 0.3) is 0 Å². The maximum absolute atomic E-state index is 13.5. The zero-order valence-electron chi connectivity index (χ0n) is 12.7. The van der Waals surface area contributed by atoms with Crippen LogP contribution >= 0.6 is 11.3 Å². The lowest BCUT2D eigenvalue weighted by Crippen LogP contribution is -2.09. The molecule has 0 aliphatic carbocycles. The van der Waals surface area contributed by atoms with E-state index in [9.17, 15) is 9.18 Å². The number of rotatable bonds is 6. The van der Waals surface area contributed by atoms with Gasteiger partial charge in [0.05, 0.1) is 12.1 Å². The van der Waals surface area contributed by atoms with E-state index in [1.54, 1.807) is 18.2 Å². The maximum atomic E-state index is 13.5. The van der Waals surface area contributed by atoms with E-state index in [1.807, 2.05) is 35.7 Å². The highest BCUT2D eigenvalue weighted by Gasteiger charge is 2.10. The van der Waals surface area contributed by atoms with Crippen molar-refractivity contribution in [1.82, 2.24) is 4.98 Å². The second-order valence-electron chi connectivity index (χ2n) is 5.06. The minimum atomic E-state index is -0.481. The topological polar surface area (TPSA) is 51.2 Å². The van der Waals surface area contributed by atoms with Gasteiger partial charge in [-0.3, -0.25) is 4.79 Å². The van der Waals surface area contributed by atoms with Crippen LogP contribution in [0, 0.1) is 5.82 Å². The van der Waals surface area contributed by atoms with Crippen LogP contribution < -0.4 is 5.32 Å². The van der Waals surface area contributed by atoms with Crippen LogP contribution in [0.2, 0.25) is 0 Å². The Morgan fingerprint density at radius 1 is 1.12 bits per heavy atom. The first-order chi connectivity index (χ1) is 11.7. The SMILES string of the molecule is O=C(Cc1ccccc1F)OCc1csc(Nc2ccccc2)n1. The molecule has 0 fully saturated rings. The highest BCUT2D eigenvalue weighted by Crippen LogP contribution is 2.21. The molecule has 3 rings (SSSR count). The standard InChI is InChI=1S/C18H15FN2O2S/c19-16-9-5-4-6-13(16)10-17(22)23-11-15-12-24-18(21-15)20-14-7-2-1-3-8-14/h1-9,12H,10-11H2,(H,20,21). The number of aromatic nitrogens is 1. The van der Waals surface area contributed by atoms with E-state index < -0.39 is 11.8 Å². The van der Waals surface area contributed by atoms with E-state index in [4.69, 9.17) is 4.74 Å². The predicted octanol–water partition coefficient (Wildman–Crippen LogP) is 4.31. The van der Waals surface area contributed by atoms with E-state index in [2.05, 4.69) is 10.3 Å². The molecule has 4 nitrogen and oxygen atoms in total. The van der Waals surface area contributed by atoms with Gasteiger partial charge in [0.1, 0.15) is 12.4 Å². The lowest BCUT2D eigenvalue weighted by molar-refractivity contribution is -0.144. The number of hydrogen-bond donors (Lipinski definition) is 1. The van der Waals surface area contributed by atoms with Gasteiger partial charge in [0.2, 0.25) is 0 Å². The van der Waals surface area contributed by atoms with Gasteiger partial charge in [-0.1, -0.05) is 36.4 Å².